The number of carbonyl (C=O) groups is 1. The van der Waals surface area contributed by atoms with Crippen molar-refractivity contribution >= 4 is 5.97 Å². The average molecular weight is 227 g/mol. The van der Waals surface area contributed by atoms with E-state index >= 15 is 0 Å². The zero-order chi connectivity index (χ0) is 11.8. The normalized spacial score (nSPS) is 33.8. The Labute approximate surface area is 92.8 Å². The quantitative estimate of drug-likeness (QED) is 0.452. The van der Waals surface area contributed by atoms with Crippen molar-refractivity contribution in [2.45, 2.75) is 12.8 Å². The summed E-state index contributed by atoms with van der Waals surface area (Å²) < 4.78 is 12.4. The highest BCUT2D eigenvalue weighted by Crippen LogP contribution is 2.29. The number of carboxylic acid groups (broad SMARTS) is 1. The second-order valence-corrected chi connectivity index (χ2v) is 4.54. The predicted molar refractivity (Wildman–Crippen MR) is 55.9 cm³/mol. The summed E-state index contributed by atoms with van der Waals surface area (Å²) in [5.41, 5.74) is 0.791. The zero-order valence-corrected chi connectivity index (χ0v) is 8.86. The van der Waals surface area contributed by atoms with Gasteiger partial charge in [0.2, 0.25) is 0 Å². The van der Waals surface area contributed by atoms with E-state index in [1.54, 1.807) is 0 Å². The largest absolute Gasteiger partial charge is 0.633 e. The number of quaternary nitrogens is 1. The van der Waals surface area contributed by atoms with Crippen LogP contribution in [0.3, 0.4) is 0 Å². The summed E-state index contributed by atoms with van der Waals surface area (Å²) in [5.74, 6) is -1.63. The molecule has 1 N–H and O–H groups in total. The molecule has 0 spiro atoms. The monoisotopic (exact) mass is 227 g/mol. The third-order valence-corrected chi connectivity index (χ3v) is 3.09. The number of allylic oxidation sites excluding steroid dienone is 3. The molecular formula is C11H14FNO3. The number of hydrogen-bond acceptors (Lipinski definition) is 2. The van der Waals surface area contributed by atoms with Gasteiger partial charge in [-0.25, -0.2) is 4.39 Å². The van der Waals surface area contributed by atoms with Crippen LogP contribution in [0.1, 0.15) is 12.8 Å². The maximum Gasteiger partial charge on any atom is 0.318 e. The first-order valence-corrected chi connectivity index (χ1v) is 5.31. The Bertz CT molecular complexity index is 369. The molecule has 0 aromatic carbocycles. The molecule has 1 heterocycles. The first kappa shape index (κ1) is 11.3. The molecule has 16 heavy (non-hydrogen) atoms. The zero-order valence-electron chi connectivity index (χ0n) is 8.86. The third kappa shape index (κ3) is 2.31. The van der Waals surface area contributed by atoms with Gasteiger partial charge in [-0.05, 0) is 18.1 Å². The lowest BCUT2D eigenvalue weighted by atomic mass is 9.96. The Morgan fingerprint density at radius 3 is 2.81 bits per heavy atom. The standard InChI is InChI=1S/C11H14FNO3/c12-10-3-1-2-8(4-10)5-13(16)6-9(7-13)11(14)15/h2-3,9H,1,4-7H2,(H,14,15). The second kappa shape index (κ2) is 3.99. The van der Waals surface area contributed by atoms with Crippen molar-refractivity contribution in [1.82, 2.24) is 0 Å². The molecule has 1 aliphatic carbocycles. The van der Waals surface area contributed by atoms with E-state index in [9.17, 15) is 14.4 Å². The Morgan fingerprint density at radius 2 is 2.25 bits per heavy atom. The fourth-order valence-corrected chi connectivity index (χ4v) is 2.24. The molecule has 0 aromatic rings. The van der Waals surface area contributed by atoms with Crippen LogP contribution in [0.25, 0.3) is 0 Å². The number of halogens is 1. The summed E-state index contributed by atoms with van der Waals surface area (Å²) in [7, 11) is 0. The highest BCUT2D eigenvalue weighted by Gasteiger charge is 2.42. The van der Waals surface area contributed by atoms with Gasteiger partial charge in [0.05, 0.1) is 13.1 Å². The molecule has 1 fully saturated rings. The second-order valence-electron chi connectivity index (χ2n) is 4.54. The van der Waals surface area contributed by atoms with E-state index in [1.807, 2.05) is 6.08 Å². The topological polar surface area (TPSA) is 60.4 Å². The molecule has 2 rings (SSSR count). The van der Waals surface area contributed by atoms with Gasteiger partial charge >= 0.3 is 5.97 Å². The number of nitrogens with zero attached hydrogens (tertiary/aromatic N) is 1. The maximum atomic E-state index is 13.0. The van der Waals surface area contributed by atoms with Crippen molar-refractivity contribution < 1.29 is 18.9 Å². The summed E-state index contributed by atoms with van der Waals surface area (Å²) in [6.07, 6.45) is 4.09. The van der Waals surface area contributed by atoms with E-state index in [-0.39, 0.29) is 31.9 Å². The highest BCUT2D eigenvalue weighted by molar-refractivity contribution is 5.71. The molecule has 0 saturated carbocycles. The van der Waals surface area contributed by atoms with E-state index in [0.717, 1.165) is 5.57 Å². The minimum Gasteiger partial charge on any atom is -0.633 e. The van der Waals surface area contributed by atoms with E-state index in [2.05, 4.69) is 0 Å². The minimum atomic E-state index is -0.909. The number of aliphatic carboxylic acids is 1. The summed E-state index contributed by atoms with van der Waals surface area (Å²) in [5, 5.41) is 20.6. The van der Waals surface area contributed by atoms with E-state index in [1.165, 1.54) is 6.08 Å². The molecule has 0 aromatic heterocycles. The van der Waals surface area contributed by atoms with E-state index < -0.39 is 16.5 Å². The van der Waals surface area contributed by atoms with Gasteiger partial charge in [-0.2, -0.15) is 0 Å². The van der Waals surface area contributed by atoms with Crippen molar-refractivity contribution in [3.63, 3.8) is 0 Å². The summed E-state index contributed by atoms with van der Waals surface area (Å²) in [6, 6.07) is 0. The molecule has 1 aliphatic heterocycles. The van der Waals surface area contributed by atoms with Crippen LogP contribution in [0, 0.1) is 11.1 Å². The average Bonchev–Trinajstić information content (AvgIpc) is 2.13. The van der Waals surface area contributed by atoms with Crippen LogP contribution in [0.5, 0.6) is 0 Å². The molecule has 5 heteroatoms. The molecule has 2 aliphatic rings. The van der Waals surface area contributed by atoms with Gasteiger partial charge < -0.3 is 15.0 Å². The van der Waals surface area contributed by atoms with Crippen LogP contribution in [0.2, 0.25) is 0 Å². The summed E-state index contributed by atoms with van der Waals surface area (Å²) in [4.78, 5) is 10.6. The Kier molecular flexibility index (Phi) is 2.82. The van der Waals surface area contributed by atoms with Gasteiger partial charge in [0.1, 0.15) is 12.4 Å². The van der Waals surface area contributed by atoms with Crippen molar-refractivity contribution in [1.29, 1.82) is 0 Å². The third-order valence-electron chi connectivity index (χ3n) is 3.09. The van der Waals surface area contributed by atoms with Gasteiger partial charge in [0.25, 0.3) is 0 Å². The maximum absolute atomic E-state index is 13.0. The highest BCUT2D eigenvalue weighted by atomic mass is 19.1. The van der Waals surface area contributed by atoms with Gasteiger partial charge in [-0.3, -0.25) is 4.79 Å². The van der Waals surface area contributed by atoms with Crippen molar-refractivity contribution in [3.8, 4) is 0 Å². The lowest BCUT2D eigenvalue weighted by molar-refractivity contribution is -0.922. The smallest absolute Gasteiger partial charge is 0.318 e. The van der Waals surface area contributed by atoms with Gasteiger partial charge in [0.15, 0.2) is 5.92 Å². The lowest BCUT2D eigenvalue weighted by Gasteiger charge is -2.53. The van der Waals surface area contributed by atoms with Crippen LogP contribution >= 0.6 is 0 Å². The number of hydroxylamine groups is 3. The van der Waals surface area contributed by atoms with Gasteiger partial charge in [-0.1, -0.05) is 6.08 Å². The van der Waals surface area contributed by atoms with Gasteiger partial charge in [0, 0.05) is 6.42 Å². The van der Waals surface area contributed by atoms with Crippen LogP contribution in [0.4, 0.5) is 4.39 Å². The molecule has 0 radical (unpaired) electrons. The Hall–Kier alpha value is -1.20. The lowest BCUT2D eigenvalue weighted by Crippen LogP contribution is -2.62. The molecule has 0 atom stereocenters. The van der Waals surface area contributed by atoms with Crippen LogP contribution in [0.15, 0.2) is 23.6 Å². The van der Waals surface area contributed by atoms with Crippen molar-refractivity contribution in [2.75, 3.05) is 19.6 Å². The molecule has 0 amide bonds. The molecular weight excluding hydrogens is 213 g/mol. The summed E-state index contributed by atoms with van der Waals surface area (Å²) >= 11 is 0. The number of likely N-dealkylation sites (tertiary alicyclic amines) is 1. The summed E-state index contributed by atoms with van der Waals surface area (Å²) in [6.45, 7) is 0.445. The number of rotatable bonds is 3. The molecule has 1 saturated heterocycles. The van der Waals surface area contributed by atoms with Crippen LogP contribution < -0.4 is 0 Å². The first-order chi connectivity index (χ1) is 7.48. The fourth-order valence-electron chi connectivity index (χ4n) is 2.24. The Balaban J connectivity index is 1.87. The number of carboxylic acids is 1. The van der Waals surface area contributed by atoms with Crippen molar-refractivity contribution in [3.05, 3.63) is 28.8 Å². The van der Waals surface area contributed by atoms with Gasteiger partial charge in [-0.15, -0.1) is 0 Å². The van der Waals surface area contributed by atoms with E-state index in [4.69, 9.17) is 5.11 Å². The Morgan fingerprint density at radius 1 is 1.56 bits per heavy atom. The molecule has 4 nitrogen and oxygen atoms in total. The van der Waals surface area contributed by atoms with Crippen molar-refractivity contribution in [2.24, 2.45) is 5.92 Å². The first-order valence-electron chi connectivity index (χ1n) is 5.31. The SMILES string of the molecule is O=C(O)C1C[N+]([O-])(CC2=CCC=C(F)C2)C1. The molecule has 88 valence electrons. The minimum absolute atomic E-state index is 0.109. The fraction of sp³-hybridized carbons (Fsp3) is 0.545. The molecule has 0 bridgehead atoms. The van der Waals surface area contributed by atoms with E-state index in [0.29, 0.717) is 6.42 Å². The van der Waals surface area contributed by atoms with Crippen LogP contribution in [-0.2, 0) is 4.79 Å². The predicted octanol–water partition coefficient (Wildman–Crippen LogP) is 1.59. The number of hydrogen-bond donors (Lipinski definition) is 1. The molecule has 0 unspecified atom stereocenters. The van der Waals surface area contributed by atoms with Crippen LogP contribution in [-0.4, -0.2) is 35.4 Å².